The van der Waals surface area contributed by atoms with Gasteiger partial charge in [-0.05, 0) is 51.4 Å². The van der Waals surface area contributed by atoms with Crippen molar-refractivity contribution in [3.8, 4) is 0 Å². The predicted octanol–water partition coefficient (Wildman–Crippen LogP) is 14.6. The SMILES string of the molecule is CCCCCCCCCCCCCCCCCCC(=O)OCCCC/C=C\CCCCCCCC(=O)NC(CO)C(O)CCCCCCCCCCCCCC. The molecule has 56 heavy (non-hydrogen) atoms. The number of hydrogen-bond acceptors (Lipinski definition) is 5. The number of allylic oxidation sites excluding steroid dienone is 2. The van der Waals surface area contributed by atoms with Gasteiger partial charge in [-0.1, -0.05) is 219 Å². The number of aliphatic hydroxyl groups is 2. The second-order valence-corrected chi connectivity index (χ2v) is 17.1. The highest BCUT2D eigenvalue weighted by Crippen LogP contribution is 2.16. The maximum absolute atomic E-state index is 12.4. The highest BCUT2D eigenvalue weighted by molar-refractivity contribution is 5.76. The fourth-order valence-electron chi connectivity index (χ4n) is 7.69. The Balaban J connectivity index is 3.49. The molecule has 0 aromatic heterocycles. The average molecular weight is 792 g/mol. The molecule has 0 saturated heterocycles. The van der Waals surface area contributed by atoms with Gasteiger partial charge in [0.05, 0.1) is 25.4 Å². The molecule has 2 unspecified atom stereocenters. The number of carbonyl (C=O) groups is 2. The Bertz CT molecular complexity index is 832. The van der Waals surface area contributed by atoms with E-state index >= 15 is 0 Å². The van der Waals surface area contributed by atoms with Crippen molar-refractivity contribution in [2.45, 2.75) is 283 Å². The molecule has 332 valence electrons. The number of amides is 1. The minimum absolute atomic E-state index is 0.0279. The third-order valence-corrected chi connectivity index (χ3v) is 11.6. The van der Waals surface area contributed by atoms with Crippen molar-refractivity contribution < 1.29 is 24.5 Å². The molecule has 0 spiro atoms. The van der Waals surface area contributed by atoms with Gasteiger partial charge >= 0.3 is 5.97 Å². The molecule has 2 atom stereocenters. The van der Waals surface area contributed by atoms with Crippen molar-refractivity contribution in [2.75, 3.05) is 13.2 Å². The summed E-state index contributed by atoms with van der Waals surface area (Å²) < 4.78 is 5.44. The molecule has 1 amide bonds. The van der Waals surface area contributed by atoms with Gasteiger partial charge in [0.1, 0.15) is 0 Å². The van der Waals surface area contributed by atoms with Crippen LogP contribution in [0.2, 0.25) is 0 Å². The van der Waals surface area contributed by atoms with Crippen molar-refractivity contribution in [3.63, 3.8) is 0 Å². The zero-order valence-electron chi connectivity index (χ0n) is 37.6. The van der Waals surface area contributed by atoms with E-state index in [0.29, 0.717) is 25.9 Å². The van der Waals surface area contributed by atoms with Crippen LogP contribution in [-0.4, -0.2) is 47.4 Å². The van der Waals surface area contributed by atoms with Crippen LogP contribution in [-0.2, 0) is 14.3 Å². The van der Waals surface area contributed by atoms with Gasteiger partial charge in [0.25, 0.3) is 0 Å². The van der Waals surface area contributed by atoms with Gasteiger partial charge in [-0.25, -0.2) is 0 Å². The minimum atomic E-state index is -0.680. The second-order valence-electron chi connectivity index (χ2n) is 17.1. The van der Waals surface area contributed by atoms with E-state index in [0.717, 1.165) is 77.0 Å². The van der Waals surface area contributed by atoms with Gasteiger partial charge in [-0.3, -0.25) is 9.59 Å². The molecule has 0 aromatic rings. The van der Waals surface area contributed by atoms with E-state index in [-0.39, 0.29) is 18.5 Å². The van der Waals surface area contributed by atoms with Gasteiger partial charge in [0.2, 0.25) is 5.91 Å². The zero-order valence-corrected chi connectivity index (χ0v) is 37.6. The van der Waals surface area contributed by atoms with Gasteiger partial charge < -0.3 is 20.3 Å². The molecule has 0 rings (SSSR count). The molecule has 0 aliphatic carbocycles. The molecule has 0 saturated carbocycles. The Morgan fingerprint density at radius 2 is 0.839 bits per heavy atom. The highest BCUT2D eigenvalue weighted by Gasteiger charge is 2.20. The fourth-order valence-corrected chi connectivity index (χ4v) is 7.69. The van der Waals surface area contributed by atoms with Crippen LogP contribution < -0.4 is 5.32 Å². The first-order valence-corrected chi connectivity index (χ1v) is 24.9. The normalized spacial score (nSPS) is 12.7. The number of hydrogen-bond donors (Lipinski definition) is 3. The molecule has 6 nitrogen and oxygen atoms in total. The average Bonchev–Trinajstić information content (AvgIpc) is 3.20. The second kappa shape index (κ2) is 46.3. The quantitative estimate of drug-likeness (QED) is 0.0324. The summed E-state index contributed by atoms with van der Waals surface area (Å²) in [5.41, 5.74) is 0. The third-order valence-electron chi connectivity index (χ3n) is 11.6. The topological polar surface area (TPSA) is 95.9 Å². The van der Waals surface area contributed by atoms with Gasteiger partial charge in [-0.15, -0.1) is 0 Å². The number of nitrogens with one attached hydrogen (secondary N) is 1. The van der Waals surface area contributed by atoms with Gasteiger partial charge in [0, 0.05) is 12.8 Å². The number of unbranched alkanes of at least 4 members (excludes halogenated alkanes) is 33. The predicted molar refractivity (Wildman–Crippen MR) is 241 cm³/mol. The lowest BCUT2D eigenvalue weighted by Gasteiger charge is -2.22. The van der Waals surface area contributed by atoms with Crippen LogP contribution in [0.15, 0.2) is 12.2 Å². The molecule has 3 N–H and O–H groups in total. The van der Waals surface area contributed by atoms with Crippen molar-refractivity contribution in [2.24, 2.45) is 0 Å². The smallest absolute Gasteiger partial charge is 0.305 e. The standard InChI is InChI=1S/C50H97NO5/c1-3-5-7-9-11-13-15-17-18-19-20-24-28-32-36-40-44-50(55)56-45-41-37-33-29-25-21-23-27-31-35-39-43-49(54)51-47(46-52)48(53)42-38-34-30-26-22-16-14-12-10-8-6-4-2/h25,29,47-48,52-53H,3-24,26-28,30-46H2,1-2H3,(H,51,54)/b29-25-. The maximum Gasteiger partial charge on any atom is 0.305 e. The zero-order chi connectivity index (χ0) is 40.8. The lowest BCUT2D eigenvalue weighted by Crippen LogP contribution is -2.45. The molecule has 6 heteroatoms. The number of rotatable bonds is 46. The Kier molecular flexibility index (Phi) is 45.1. The van der Waals surface area contributed by atoms with E-state index in [1.807, 2.05) is 0 Å². The molecular formula is C50H97NO5. The van der Waals surface area contributed by atoms with E-state index in [4.69, 9.17) is 4.74 Å². The highest BCUT2D eigenvalue weighted by atomic mass is 16.5. The summed E-state index contributed by atoms with van der Waals surface area (Å²) in [6.07, 6.45) is 51.8. The van der Waals surface area contributed by atoms with Gasteiger partial charge in [0.15, 0.2) is 0 Å². The number of ether oxygens (including phenoxy) is 1. The molecule has 0 bridgehead atoms. The first kappa shape index (κ1) is 54.6. The number of carbonyl (C=O) groups excluding carboxylic acids is 2. The van der Waals surface area contributed by atoms with Crippen molar-refractivity contribution in [1.82, 2.24) is 5.32 Å². The molecule has 0 aliphatic heterocycles. The van der Waals surface area contributed by atoms with Crippen molar-refractivity contribution in [3.05, 3.63) is 12.2 Å². The Labute approximate surface area is 349 Å². The molecule has 0 aromatic carbocycles. The van der Waals surface area contributed by atoms with Crippen LogP contribution in [0, 0.1) is 0 Å². The van der Waals surface area contributed by atoms with Crippen LogP contribution in [0.1, 0.15) is 271 Å². The molecule has 0 fully saturated rings. The largest absolute Gasteiger partial charge is 0.466 e. The number of esters is 1. The monoisotopic (exact) mass is 792 g/mol. The van der Waals surface area contributed by atoms with E-state index in [1.165, 1.54) is 161 Å². The molecular weight excluding hydrogens is 695 g/mol. The first-order valence-electron chi connectivity index (χ1n) is 24.9. The van der Waals surface area contributed by atoms with Crippen LogP contribution >= 0.6 is 0 Å². The molecule has 0 radical (unpaired) electrons. The van der Waals surface area contributed by atoms with Crippen molar-refractivity contribution in [1.29, 1.82) is 0 Å². The van der Waals surface area contributed by atoms with Gasteiger partial charge in [-0.2, -0.15) is 0 Å². The van der Waals surface area contributed by atoms with E-state index < -0.39 is 12.1 Å². The van der Waals surface area contributed by atoms with Crippen LogP contribution in [0.3, 0.4) is 0 Å². The summed E-state index contributed by atoms with van der Waals surface area (Å²) in [7, 11) is 0. The Morgan fingerprint density at radius 3 is 1.27 bits per heavy atom. The van der Waals surface area contributed by atoms with Crippen molar-refractivity contribution >= 4 is 11.9 Å². The first-order chi connectivity index (χ1) is 27.5. The third kappa shape index (κ3) is 42.2. The van der Waals surface area contributed by atoms with E-state index in [2.05, 4.69) is 31.3 Å². The van der Waals surface area contributed by atoms with E-state index in [1.54, 1.807) is 0 Å². The Morgan fingerprint density at radius 1 is 0.482 bits per heavy atom. The fraction of sp³-hybridized carbons (Fsp3) is 0.920. The van der Waals surface area contributed by atoms with Crippen LogP contribution in [0.4, 0.5) is 0 Å². The summed E-state index contributed by atoms with van der Waals surface area (Å²) in [6, 6.07) is -0.560. The number of aliphatic hydroxyl groups excluding tert-OH is 2. The summed E-state index contributed by atoms with van der Waals surface area (Å²) >= 11 is 0. The molecule has 0 heterocycles. The van der Waals surface area contributed by atoms with Crippen LogP contribution in [0.25, 0.3) is 0 Å². The Hall–Kier alpha value is -1.40. The van der Waals surface area contributed by atoms with Crippen LogP contribution in [0.5, 0.6) is 0 Å². The minimum Gasteiger partial charge on any atom is -0.466 e. The molecule has 0 aliphatic rings. The lowest BCUT2D eigenvalue weighted by molar-refractivity contribution is -0.143. The lowest BCUT2D eigenvalue weighted by atomic mass is 10.0. The summed E-state index contributed by atoms with van der Waals surface area (Å²) in [5.74, 6) is -0.0918. The summed E-state index contributed by atoms with van der Waals surface area (Å²) in [6.45, 7) is 4.87. The van der Waals surface area contributed by atoms with E-state index in [9.17, 15) is 19.8 Å². The summed E-state index contributed by atoms with van der Waals surface area (Å²) in [4.78, 5) is 24.4. The maximum atomic E-state index is 12.4. The summed E-state index contributed by atoms with van der Waals surface area (Å²) in [5, 5.41) is 23.1.